The Hall–Kier alpha value is -2.10. The van der Waals surface area contributed by atoms with Gasteiger partial charge in [0.15, 0.2) is 0 Å². The molecule has 1 aliphatic rings. The van der Waals surface area contributed by atoms with Crippen LogP contribution in [0.4, 0.5) is 11.8 Å². The highest BCUT2D eigenvalue weighted by Crippen LogP contribution is 2.26. The van der Waals surface area contributed by atoms with E-state index in [2.05, 4.69) is 29.8 Å². The van der Waals surface area contributed by atoms with E-state index < -0.39 is 0 Å². The number of piperidine rings is 1. The van der Waals surface area contributed by atoms with E-state index in [9.17, 15) is 0 Å². The van der Waals surface area contributed by atoms with E-state index in [1.54, 1.807) is 0 Å². The van der Waals surface area contributed by atoms with Crippen LogP contribution >= 0.6 is 0 Å². The fourth-order valence-corrected chi connectivity index (χ4v) is 2.72. The maximum absolute atomic E-state index is 4.74. The standard InChI is InChI=1S/C17H22N4/c1-3-10-18-16-14-6-4-5-7-15(14)19-17(20-16)21-11-8-13(2)9-12-21/h3-7,13H,1,8-12H2,2H3,(H,18,19,20). The molecule has 3 rings (SSSR count). The van der Waals surface area contributed by atoms with Crippen molar-refractivity contribution < 1.29 is 0 Å². The van der Waals surface area contributed by atoms with Gasteiger partial charge in [-0.25, -0.2) is 4.98 Å². The third-order valence-corrected chi connectivity index (χ3v) is 4.07. The summed E-state index contributed by atoms with van der Waals surface area (Å²) in [4.78, 5) is 11.8. The van der Waals surface area contributed by atoms with E-state index in [-0.39, 0.29) is 0 Å². The van der Waals surface area contributed by atoms with Crippen LogP contribution in [0.1, 0.15) is 19.8 Å². The fraction of sp³-hybridized carbons (Fsp3) is 0.412. The number of nitrogens with one attached hydrogen (secondary N) is 1. The maximum atomic E-state index is 4.74. The second kappa shape index (κ2) is 6.12. The van der Waals surface area contributed by atoms with Crippen molar-refractivity contribution in [1.29, 1.82) is 0 Å². The average molecular weight is 282 g/mol. The number of aromatic nitrogens is 2. The minimum Gasteiger partial charge on any atom is -0.366 e. The average Bonchev–Trinajstić information content (AvgIpc) is 2.53. The Balaban J connectivity index is 1.97. The minimum atomic E-state index is 0.706. The van der Waals surface area contributed by atoms with Crippen LogP contribution in [0.5, 0.6) is 0 Å². The van der Waals surface area contributed by atoms with Crippen molar-refractivity contribution in [1.82, 2.24) is 9.97 Å². The number of benzene rings is 1. The summed E-state index contributed by atoms with van der Waals surface area (Å²) in [6.07, 6.45) is 4.27. The molecular weight excluding hydrogens is 260 g/mol. The summed E-state index contributed by atoms with van der Waals surface area (Å²) in [7, 11) is 0. The summed E-state index contributed by atoms with van der Waals surface area (Å²) in [6.45, 7) is 8.87. The van der Waals surface area contributed by atoms with Gasteiger partial charge in [-0.05, 0) is 30.9 Å². The molecule has 0 unspecified atom stereocenters. The SMILES string of the molecule is C=CCNc1nc(N2CCC(C)CC2)nc2ccccc12. The van der Waals surface area contributed by atoms with E-state index in [0.29, 0.717) is 6.54 Å². The first-order valence-corrected chi connectivity index (χ1v) is 7.64. The van der Waals surface area contributed by atoms with E-state index in [4.69, 9.17) is 9.97 Å². The molecule has 1 aromatic carbocycles. The van der Waals surface area contributed by atoms with Gasteiger partial charge in [0.2, 0.25) is 5.95 Å². The first-order chi connectivity index (χ1) is 10.3. The molecule has 0 atom stereocenters. The lowest BCUT2D eigenvalue weighted by molar-refractivity contribution is 0.435. The Morgan fingerprint density at radius 3 is 2.81 bits per heavy atom. The molecule has 21 heavy (non-hydrogen) atoms. The lowest BCUT2D eigenvalue weighted by atomic mass is 10.00. The van der Waals surface area contributed by atoms with Crippen LogP contribution < -0.4 is 10.2 Å². The molecule has 4 heteroatoms. The molecule has 4 nitrogen and oxygen atoms in total. The van der Waals surface area contributed by atoms with Crippen molar-refractivity contribution in [2.75, 3.05) is 29.9 Å². The van der Waals surface area contributed by atoms with Crippen molar-refractivity contribution in [3.8, 4) is 0 Å². The molecule has 2 aromatic rings. The monoisotopic (exact) mass is 282 g/mol. The van der Waals surface area contributed by atoms with Crippen LogP contribution in [0, 0.1) is 5.92 Å². The molecule has 1 aromatic heterocycles. The Morgan fingerprint density at radius 2 is 2.05 bits per heavy atom. The second-order valence-electron chi connectivity index (χ2n) is 5.73. The maximum Gasteiger partial charge on any atom is 0.227 e. The predicted octanol–water partition coefficient (Wildman–Crippen LogP) is 3.46. The van der Waals surface area contributed by atoms with E-state index >= 15 is 0 Å². The van der Waals surface area contributed by atoms with Gasteiger partial charge < -0.3 is 10.2 Å². The molecule has 1 saturated heterocycles. The van der Waals surface area contributed by atoms with E-state index in [1.807, 2.05) is 24.3 Å². The smallest absolute Gasteiger partial charge is 0.227 e. The quantitative estimate of drug-likeness (QED) is 0.872. The lowest BCUT2D eigenvalue weighted by Gasteiger charge is -2.30. The van der Waals surface area contributed by atoms with Crippen LogP contribution in [0.2, 0.25) is 0 Å². The molecule has 110 valence electrons. The van der Waals surface area contributed by atoms with Gasteiger partial charge in [-0.3, -0.25) is 0 Å². The normalized spacial score (nSPS) is 16.1. The predicted molar refractivity (Wildman–Crippen MR) is 88.8 cm³/mol. The molecule has 0 amide bonds. The van der Waals surface area contributed by atoms with Gasteiger partial charge in [0.1, 0.15) is 5.82 Å². The number of anilines is 2. The number of fused-ring (bicyclic) bond motifs is 1. The summed E-state index contributed by atoms with van der Waals surface area (Å²) in [5.74, 6) is 2.54. The zero-order valence-corrected chi connectivity index (χ0v) is 12.5. The zero-order chi connectivity index (χ0) is 14.7. The van der Waals surface area contributed by atoms with Gasteiger partial charge >= 0.3 is 0 Å². The molecule has 0 saturated carbocycles. The Labute approximate surface area is 125 Å². The van der Waals surface area contributed by atoms with Gasteiger partial charge in [0, 0.05) is 25.0 Å². The summed E-state index contributed by atoms with van der Waals surface area (Å²) < 4.78 is 0. The van der Waals surface area contributed by atoms with Crippen molar-refractivity contribution >= 4 is 22.7 Å². The van der Waals surface area contributed by atoms with Crippen LogP contribution in [-0.2, 0) is 0 Å². The van der Waals surface area contributed by atoms with Crippen molar-refractivity contribution in [2.45, 2.75) is 19.8 Å². The van der Waals surface area contributed by atoms with Crippen LogP contribution in [0.25, 0.3) is 10.9 Å². The number of rotatable bonds is 4. The van der Waals surface area contributed by atoms with Crippen LogP contribution in [-0.4, -0.2) is 29.6 Å². The number of nitrogens with zero attached hydrogens (tertiary/aromatic N) is 3. The third-order valence-electron chi connectivity index (χ3n) is 4.07. The van der Waals surface area contributed by atoms with Crippen LogP contribution in [0.3, 0.4) is 0 Å². The van der Waals surface area contributed by atoms with Crippen molar-refractivity contribution in [3.63, 3.8) is 0 Å². The summed E-state index contributed by atoms with van der Waals surface area (Å²) in [6, 6.07) is 8.15. The first kappa shape index (κ1) is 13.9. The van der Waals surface area contributed by atoms with Crippen molar-refractivity contribution in [2.24, 2.45) is 5.92 Å². The Bertz CT molecular complexity index is 630. The molecule has 2 heterocycles. The van der Waals surface area contributed by atoms with Crippen LogP contribution in [0.15, 0.2) is 36.9 Å². The molecule has 0 aliphatic carbocycles. The number of para-hydroxylation sites is 1. The molecule has 1 aliphatic heterocycles. The summed E-state index contributed by atoms with van der Waals surface area (Å²) in [5, 5.41) is 4.39. The molecule has 0 spiro atoms. The van der Waals surface area contributed by atoms with Gasteiger partial charge in [0.25, 0.3) is 0 Å². The Morgan fingerprint density at radius 1 is 1.29 bits per heavy atom. The van der Waals surface area contributed by atoms with E-state index in [0.717, 1.165) is 41.7 Å². The van der Waals surface area contributed by atoms with Gasteiger partial charge in [-0.2, -0.15) is 4.98 Å². The number of hydrogen-bond donors (Lipinski definition) is 1. The highest BCUT2D eigenvalue weighted by molar-refractivity contribution is 5.90. The molecule has 0 radical (unpaired) electrons. The highest BCUT2D eigenvalue weighted by Gasteiger charge is 2.19. The first-order valence-electron chi connectivity index (χ1n) is 7.64. The zero-order valence-electron chi connectivity index (χ0n) is 12.5. The molecule has 0 bridgehead atoms. The van der Waals surface area contributed by atoms with Crippen molar-refractivity contribution in [3.05, 3.63) is 36.9 Å². The minimum absolute atomic E-state index is 0.706. The largest absolute Gasteiger partial charge is 0.366 e. The fourth-order valence-electron chi connectivity index (χ4n) is 2.72. The Kier molecular flexibility index (Phi) is 4.04. The molecule has 1 fully saturated rings. The highest BCUT2D eigenvalue weighted by atomic mass is 15.3. The van der Waals surface area contributed by atoms with E-state index in [1.165, 1.54) is 12.8 Å². The summed E-state index contributed by atoms with van der Waals surface area (Å²) in [5.41, 5.74) is 0.993. The number of hydrogen-bond acceptors (Lipinski definition) is 4. The topological polar surface area (TPSA) is 41.1 Å². The lowest BCUT2D eigenvalue weighted by Crippen LogP contribution is -2.34. The third kappa shape index (κ3) is 2.99. The van der Waals surface area contributed by atoms with Gasteiger partial charge in [-0.15, -0.1) is 6.58 Å². The molecule has 1 N–H and O–H groups in total. The summed E-state index contributed by atoms with van der Waals surface area (Å²) >= 11 is 0. The van der Waals surface area contributed by atoms with Gasteiger partial charge in [0.05, 0.1) is 5.52 Å². The molecular formula is C17H22N4. The second-order valence-corrected chi connectivity index (χ2v) is 5.73. The van der Waals surface area contributed by atoms with Gasteiger partial charge in [-0.1, -0.05) is 25.1 Å².